The van der Waals surface area contributed by atoms with Crippen molar-refractivity contribution in [3.8, 4) is 0 Å². The second-order valence-corrected chi connectivity index (χ2v) is 6.14. The van der Waals surface area contributed by atoms with E-state index in [0.29, 0.717) is 0 Å². The molecule has 2 atom stereocenters. The Hall–Kier alpha value is -0.700. The molecule has 1 fully saturated rings. The molecule has 2 aromatic heterocycles. The van der Waals surface area contributed by atoms with Gasteiger partial charge in [-0.2, -0.15) is 0 Å². The number of rotatable bonds is 2. The van der Waals surface area contributed by atoms with Gasteiger partial charge in [-0.25, -0.2) is 0 Å². The highest BCUT2D eigenvalue weighted by Gasteiger charge is 2.32. The summed E-state index contributed by atoms with van der Waals surface area (Å²) in [5.74, 6) is 10.5. The van der Waals surface area contributed by atoms with Gasteiger partial charge in [0.05, 0.1) is 0 Å². The van der Waals surface area contributed by atoms with Crippen LogP contribution in [-0.4, -0.2) is 0 Å². The van der Waals surface area contributed by atoms with E-state index in [-0.39, 0.29) is 0 Å². The van der Waals surface area contributed by atoms with Crippen LogP contribution in [-0.2, 0) is 0 Å². The van der Waals surface area contributed by atoms with E-state index in [1.165, 1.54) is 40.4 Å². The van der Waals surface area contributed by atoms with Crippen molar-refractivity contribution in [2.24, 2.45) is 0 Å². The fourth-order valence-electron chi connectivity index (χ4n) is 2.52. The van der Waals surface area contributed by atoms with Gasteiger partial charge < -0.3 is 0 Å². The van der Waals surface area contributed by atoms with Crippen LogP contribution in [0.5, 0.6) is 0 Å². The molecule has 3 rings (SSSR count). The first-order valence-electron chi connectivity index (χ1n) is 5.75. The molecule has 1 saturated carbocycles. The average Bonchev–Trinajstić information content (AvgIpc) is 2.30. The lowest BCUT2D eigenvalue weighted by Gasteiger charge is -2.37. The van der Waals surface area contributed by atoms with E-state index in [1.54, 1.807) is 0 Å². The van der Waals surface area contributed by atoms with Gasteiger partial charge in [0.2, 0.25) is 0 Å². The van der Waals surface area contributed by atoms with Crippen LogP contribution in [0.2, 0.25) is 0 Å². The van der Waals surface area contributed by atoms with Crippen molar-refractivity contribution in [3.05, 3.63) is 58.6 Å². The predicted octanol–water partition coefficient (Wildman–Crippen LogP) is 5.51. The third-order valence-electron chi connectivity index (χ3n) is 3.54. The van der Waals surface area contributed by atoms with E-state index in [4.69, 9.17) is 0 Å². The van der Waals surface area contributed by atoms with Gasteiger partial charge >= 0.3 is 0 Å². The summed E-state index contributed by atoms with van der Waals surface area (Å²) in [6, 6.07) is 9.25. The molecule has 2 heteroatoms. The van der Waals surface area contributed by atoms with Gasteiger partial charge in [-0.05, 0) is 59.0 Å². The average molecular weight is 244 g/mol. The van der Waals surface area contributed by atoms with Crippen molar-refractivity contribution in [3.63, 3.8) is 0 Å². The zero-order valence-corrected chi connectivity index (χ0v) is 10.9. The second kappa shape index (κ2) is 4.66. The molecular formula is C14H14P2. The molecule has 0 aromatic carbocycles. The quantitative estimate of drug-likeness (QED) is 0.653. The van der Waals surface area contributed by atoms with Crippen molar-refractivity contribution in [1.29, 1.82) is 0 Å². The highest BCUT2D eigenvalue weighted by molar-refractivity contribution is 7.28. The van der Waals surface area contributed by atoms with Crippen LogP contribution in [0.4, 0.5) is 0 Å². The van der Waals surface area contributed by atoms with Crippen LogP contribution in [0.3, 0.4) is 0 Å². The molecule has 0 saturated heterocycles. The number of hydrogen-bond acceptors (Lipinski definition) is 0. The van der Waals surface area contributed by atoms with Crippen LogP contribution >= 0.6 is 16.4 Å². The predicted molar refractivity (Wildman–Crippen MR) is 72.6 cm³/mol. The lowest BCUT2D eigenvalue weighted by molar-refractivity contribution is 0.347. The summed E-state index contributed by atoms with van der Waals surface area (Å²) in [5.41, 5.74) is 3.07. The first kappa shape index (κ1) is 10.5. The summed E-state index contributed by atoms with van der Waals surface area (Å²) >= 11 is 0. The lowest BCUT2D eigenvalue weighted by atomic mass is 9.67. The molecule has 0 N–H and O–H groups in total. The van der Waals surface area contributed by atoms with Gasteiger partial charge in [0.15, 0.2) is 0 Å². The minimum absolute atomic E-state index is 0.766. The van der Waals surface area contributed by atoms with E-state index in [2.05, 4.69) is 47.5 Å². The summed E-state index contributed by atoms with van der Waals surface area (Å²) in [4.78, 5) is 0. The zero-order chi connectivity index (χ0) is 10.8. The first-order valence-corrected chi connectivity index (χ1v) is 7.81. The fourth-order valence-corrected chi connectivity index (χ4v) is 3.75. The van der Waals surface area contributed by atoms with Gasteiger partial charge in [-0.15, -0.1) is 0 Å². The summed E-state index contributed by atoms with van der Waals surface area (Å²) in [6.45, 7) is 0. The van der Waals surface area contributed by atoms with Gasteiger partial charge in [0.25, 0.3) is 0 Å². The van der Waals surface area contributed by atoms with Crippen molar-refractivity contribution in [2.45, 2.75) is 24.7 Å². The molecule has 2 aromatic rings. The summed E-state index contributed by atoms with van der Waals surface area (Å²) in [5, 5.41) is 0. The largest absolute Gasteiger partial charge is 0.0765 e. The standard InChI is InChI=1S/C14H14P2/c1-2-14(12-5-9-16-10-6-12)13(1)11-3-7-15-8-4-11/h3-10,13-14H,1-2H2. The Kier molecular flexibility index (Phi) is 3.04. The summed E-state index contributed by atoms with van der Waals surface area (Å²) < 4.78 is 0. The molecule has 2 heterocycles. The third kappa shape index (κ3) is 1.93. The second-order valence-electron chi connectivity index (χ2n) is 4.35. The molecule has 16 heavy (non-hydrogen) atoms. The highest BCUT2D eigenvalue weighted by Crippen LogP contribution is 2.49. The smallest absolute Gasteiger partial charge is 0.00926 e. The van der Waals surface area contributed by atoms with E-state index < -0.39 is 0 Å². The van der Waals surface area contributed by atoms with Crippen molar-refractivity contribution >= 4 is 16.4 Å². The Balaban J connectivity index is 1.85. The maximum absolute atomic E-state index is 2.31. The molecule has 0 spiro atoms. The molecule has 1 aliphatic rings. The van der Waals surface area contributed by atoms with Gasteiger partial charge in [0, 0.05) is 0 Å². The van der Waals surface area contributed by atoms with Crippen LogP contribution < -0.4 is 0 Å². The molecule has 80 valence electrons. The van der Waals surface area contributed by atoms with Gasteiger partial charge in [-0.3, -0.25) is 0 Å². The Bertz CT molecular complexity index is 407. The van der Waals surface area contributed by atoms with Crippen molar-refractivity contribution in [1.82, 2.24) is 0 Å². The highest BCUT2D eigenvalue weighted by atomic mass is 31.0. The summed E-state index contributed by atoms with van der Waals surface area (Å²) in [6.07, 6.45) is 2.71. The SMILES string of the molecule is c1cc(C2CCC2c2ccpcc2)ccp1. The minimum atomic E-state index is 0.766. The third-order valence-corrected chi connectivity index (χ3v) is 4.83. The number of hydrogen-bond donors (Lipinski definition) is 0. The minimum Gasteiger partial charge on any atom is -0.0765 e. The van der Waals surface area contributed by atoms with Crippen LogP contribution in [0.1, 0.15) is 35.8 Å². The first-order chi connectivity index (χ1) is 7.95. The van der Waals surface area contributed by atoms with Crippen molar-refractivity contribution < 1.29 is 0 Å². The van der Waals surface area contributed by atoms with Gasteiger partial charge in [-0.1, -0.05) is 40.7 Å². The maximum atomic E-state index is 2.31. The van der Waals surface area contributed by atoms with E-state index in [0.717, 1.165) is 11.8 Å². The zero-order valence-electron chi connectivity index (χ0n) is 9.08. The molecule has 0 aliphatic heterocycles. The van der Waals surface area contributed by atoms with Crippen LogP contribution in [0.15, 0.2) is 47.5 Å². The molecule has 0 nitrogen and oxygen atoms in total. The Morgan fingerprint density at radius 3 is 1.38 bits per heavy atom. The fraction of sp³-hybridized carbons (Fsp3) is 0.286. The molecule has 1 aliphatic carbocycles. The van der Waals surface area contributed by atoms with Crippen LogP contribution in [0, 0.1) is 0 Å². The summed E-state index contributed by atoms with van der Waals surface area (Å²) in [7, 11) is 2.66. The van der Waals surface area contributed by atoms with E-state index >= 15 is 0 Å². The molecule has 0 radical (unpaired) electrons. The van der Waals surface area contributed by atoms with Crippen molar-refractivity contribution in [2.75, 3.05) is 0 Å². The lowest BCUT2D eigenvalue weighted by Crippen LogP contribution is -2.21. The van der Waals surface area contributed by atoms with E-state index in [1.807, 2.05) is 0 Å². The Morgan fingerprint density at radius 2 is 1.06 bits per heavy atom. The Morgan fingerprint density at radius 1 is 0.688 bits per heavy atom. The molecule has 0 amide bonds. The molecular weight excluding hydrogens is 230 g/mol. The monoisotopic (exact) mass is 244 g/mol. The van der Waals surface area contributed by atoms with Gasteiger partial charge in [0.1, 0.15) is 0 Å². The normalized spacial score (nSPS) is 23.8. The van der Waals surface area contributed by atoms with Crippen LogP contribution in [0.25, 0.3) is 0 Å². The molecule has 2 unspecified atom stereocenters. The molecule has 0 bridgehead atoms. The van der Waals surface area contributed by atoms with E-state index in [9.17, 15) is 0 Å². The maximum Gasteiger partial charge on any atom is -0.00926 e. The Labute approximate surface area is 99.9 Å². The topological polar surface area (TPSA) is 0 Å².